The highest BCUT2D eigenvalue weighted by Crippen LogP contribution is 2.24. The number of rotatable bonds is 7. The van der Waals surface area contributed by atoms with E-state index in [0.717, 1.165) is 5.56 Å². The second-order valence-electron chi connectivity index (χ2n) is 7.16. The van der Waals surface area contributed by atoms with Gasteiger partial charge in [0.2, 0.25) is 11.8 Å². The lowest BCUT2D eigenvalue weighted by molar-refractivity contribution is -0.123. The Labute approximate surface area is 199 Å². The van der Waals surface area contributed by atoms with Crippen molar-refractivity contribution in [2.24, 2.45) is 0 Å². The largest absolute Gasteiger partial charge is 0.497 e. The van der Waals surface area contributed by atoms with Gasteiger partial charge < -0.3 is 19.2 Å². The Kier molecular flexibility index (Phi) is 7.12. The maximum Gasteiger partial charge on any atom is 0.338 e. The highest BCUT2D eigenvalue weighted by atomic mass is 16.5. The van der Waals surface area contributed by atoms with Crippen LogP contribution in [-0.2, 0) is 9.53 Å². The van der Waals surface area contributed by atoms with E-state index in [0.29, 0.717) is 28.8 Å². The average molecular weight is 472 g/mol. The first kappa shape index (κ1) is 23.2. The van der Waals surface area contributed by atoms with Crippen LogP contribution in [-0.4, -0.2) is 41.8 Å². The van der Waals surface area contributed by atoms with E-state index in [-0.39, 0.29) is 5.56 Å². The molecule has 0 bridgehead atoms. The molecule has 4 aromatic rings. The van der Waals surface area contributed by atoms with Gasteiger partial charge in [-0.3, -0.25) is 10.1 Å². The summed E-state index contributed by atoms with van der Waals surface area (Å²) >= 11 is 0. The second-order valence-corrected chi connectivity index (χ2v) is 7.16. The zero-order chi connectivity index (χ0) is 24.6. The van der Waals surface area contributed by atoms with Crippen LogP contribution in [0, 0.1) is 0 Å². The zero-order valence-electron chi connectivity index (χ0n) is 18.6. The predicted molar refractivity (Wildman–Crippen MR) is 126 cm³/mol. The van der Waals surface area contributed by atoms with Gasteiger partial charge in [0.1, 0.15) is 5.75 Å². The molecule has 0 saturated heterocycles. The van der Waals surface area contributed by atoms with Crippen LogP contribution in [0.3, 0.4) is 0 Å². The Bertz CT molecular complexity index is 1320. The van der Waals surface area contributed by atoms with Gasteiger partial charge in [-0.2, -0.15) is 0 Å². The van der Waals surface area contributed by atoms with Crippen LogP contribution in [0.15, 0.2) is 83.3 Å². The van der Waals surface area contributed by atoms with Gasteiger partial charge in [-0.15, -0.1) is 10.2 Å². The summed E-state index contributed by atoms with van der Waals surface area (Å²) in [4.78, 5) is 36.1. The van der Waals surface area contributed by atoms with Crippen molar-refractivity contribution in [3.63, 3.8) is 0 Å². The first-order chi connectivity index (χ1) is 17.0. The monoisotopic (exact) mass is 472 g/mol. The van der Waals surface area contributed by atoms with Crippen LogP contribution in [0.5, 0.6) is 5.75 Å². The molecule has 0 atom stereocenters. The third-order valence-corrected chi connectivity index (χ3v) is 4.75. The maximum atomic E-state index is 12.3. The molecule has 1 aromatic heterocycles. The summed E-state index contributed by atoms with van der Waals surface area (Å²) in [6, 6.07) is 21.4. The number of nitrogens with zero attached hydrogens (tertiary/aromatic N) is 2. The van der Waals surface area contributed by atoms with Gasteiger partial charge in [-0.1, -0.05) is 18.2 Å². The van der Waals surface area contributed by atoms with Crippen LogP contribution >= 0.6 is 0 Å². The van der Waals surface area contributed by atoms with Gasteiger partial charge in [-0.25, -0.2) is 9.59 Å². The van der Waals surface area contributed by atoms with Crippen molar-refractivity contribution in [2.75, 3.05) is 19.0 Å². The van der Waals surface area contributed by atoms with E-state index in [4.69, 9.17) is 13.9 Å². The molecular weight excluding hydrogens is 452 g/mol. The quantitative estimate of drug-likeness (QED) is 0.387. The highest BCUT2D eigenvalue weighted by Gasteiger charge is 2.15. The number of hydrogen-bond acceptors (Lipinski definition) is 8. The molecule has 2 N–H and O–H groups in total. The number of benzene rings is 3. The molecule has 0 saturated carbocycles. The summed E-state index contributed by atoms with van der Waals surface area (Å²) in [6.07, 6.45) is 0. The van der Waals surface area contributed by atoms with Crippen LogP contribution < -0.4 is 15.4 Å². The molecule has 0 aliphatic carbocycles. The fraction of sp³-hybridized carbons (Fsp3) is 0.0800. The number of hydrogen-bond donors (Lipinski definition) is 2. The number of nitrogens with one attached hydrogen (secondary N) is 2. The Hall–Kier alpha value is -4.99. The van der Waals surface area contributed by atoms with E-state index in [2.05, 4.69) is 20.8 Å². The normalized spacial score (nSPS) is 10.3. The molecule has 1 heterocycles. The second kappa shape index (κ2) is 10.8. The van der Waals surface area contributed by atoms with Gasteiger partial charge in [-0.05, 0) is 60.7 Å². The molecule has 0 radical (unpaired) electrons. The van der Waals surface area contributed by atoms with E-state index in [1.165, 1.54) is 19.2 Å². The van der Waals surface area contributed by atoms with Gasteiger partial charge in [0.15, 0.2) is 6.61 Å². The van der Waals surface area contributed by atoms with Crippen LogP contribution in [0.2, 0.25) is 0 Å². The van der Waals surface area contributed by atoms with Gasteiger partial charge in [0.25, 0.3) is 5.91 Å². The molecular formula is C25H20N4O6. The first-order valence-electron chi connectivity index (χ1n) is 10.4. The smallest absolute Gasteiger partial charge is 0.338 e. The lowest BCUT2D eigenvalue weighted by Gasteiger charge is -2.08. The molecule has 3 amide bonds. The summed E-state index contributed by atoms with van der Waals surface area (Å²) in [5.41, 5.74) is 2.09. The minimum atomic E-state index is -0.778. The topological polar surface area (TPSA) is 133 Å². The summed E-state index contributed by atoms with van der Waals surface area (Å²) in [6.45, 7) is -0.624. The fourth-order valence-corrected chi connectivity index (χ4v) is 3.00. The van der Waals surface area contributed by atoms with Gasteiger partial charge in [0, 0.05) is 16.8 Å². The molecule has 3 aromatic carbocycles. The third kappa shape index (κ3) is 6.08. The van der Waals surface area contributed by atoms with Crippen molar-refractivity contribution in [1.29, 1.82) is 0 Å². The van der Waals surface area contributed by atoms with Crippen molar-refractivity contribution < 1.29 is 28.3 Å². The minimum absolute atomic E-state index is 0.215. The first-order valence-corrected chi connectivity index (χ1v) is 10.4. The number of carbonyl (C=O) groups is 3. The molecule has 176 valence electrons. The third-order valence-electron chi connectivity index (χ3n) is 4.75. The van der Waals surface area contributed by atoms with Gasteiger partial charge in [0.05, 0.1) is 12.7 Å². The number of amides is 3. The molecule has 0 spiro atoms. The fourth-order valence-electron chi connectivity index (χ4n) is 3.00. The Morgan fingerprint density at radius 1 is 0.829 bits per heavy atom. The SMILES string of the molecule is COc1ccc(NC(=O)NC(=O)COC(=O)c2ccc(-c3nnc(-c4ccccc4)o3)cc2)cc1. The van der Waals surface area contributed by atoms with Gasteiger partial charge >= 0.3 is 12.0 Å². The molecule has 10 heteroatoms. The molecule has 0 aliphatic heterocycles. The highest BCUT2D eigenvalue weighted by molar-refractivity contribution is 6.02. The van der Waals surface area contributed by atoms with E-state index >= 15 is 0 Å². The zero-order valence-corrected chi connectivity index (χ0v) is 18.6. The van der Waals surface area contributed by atoms with E-state index in [9.17, 15) is 14.4 Å². The number of ether oxygens (including phenoxy) is 2. The number of aromatic nitrogens is 2. The lowest BCUT2D eigenvalue weighted by atomic mass is 10.1. The standard InChI is InChI=1S/C25H20N4O6/c1-33-20-13-11-19(12-14-20)26-25(32)27-21(30)15-34-24(31)18-9-7-17(8-10-18)23-29-28-22(35-23)16-5-3-2-4-6-16/h2-14H,15H2,1H3,(H2,26,27,30,32). The molecule has 0 fully saturated rings. The van der Waals surface area contributed by atoms with E-state index < -0.39 is 24.5 Å². The van der Waals surface area contributed by atoms with Crippen molar-refractivity contribution >= 4 is 23.6 Å². The summed E-state index contributed by atoms with van der Waals surface area (Å²) in [5.74, 6) is -0.198. The number of carbonyl (C=O) groups excluding carboxylic acids is 3. The summed E-state index contributed by atoms with van der Waals surface area (Å²) < 4.78 is 15.7. The number of methoxy groups -OCH3 is 1. The molecule has 0 unspecified atom stereocenters. The molecule has 4 rings (SSSR count). The number of urea groups is 1. The van der Waals surface area contributed by atoms with Crippen LogP contribution in [0.25, 0.3) is 22.9 Å². The Morgan fingerprint density at radius 2 is 1.46 bits per heavy atom. The molecule has 0 aliphatic rings. The van der Waals surface area contributed by atoms with E-state index in [1.807, 2.05) is 30.3 Å². The predicted octanol–water partition coefficient (Wildman–Crippen LogP) is 3.92. The van der Waals surface area contributed by atoms with Crippen LogP contribution in [0.4, 0.5) is 10.5 Å². The van der Waals surface area contributed by atoms with Crippen molar-refractivity contribution in [3.8, 4) is 28.7 Å². The number of esters is 1. The summed E-state index contributed by atoms with van der Waals surface area (Å²) in [5, 5.41) is 12.6. The number of anilines is 1. The maximum absolute atomic E-state index is 12.3. The van der Waals surface area contributed by atoms with E-state index in [1.54, 1.807) is 36.4 Å². The Morgan fingerprint density at radius 3 is 2.09 bits per heavy atom. The van der Waals surface area contributed by atoms with Crippen molar-refractivity contribution in [1.82, 2.24) is 15.5 Å². The minimum Gasteiger partial charge on any atom is -0.497 e. The molecule has 10 nitrogen and oxygen atoms in total. The Balaban J connectivity index is 1.27. The number of imide groups is 1. The molecule has 35 heavy (non-hydrogen) atoms. The van der Waals surface area contributed by atoms with Crippen molar-refractivity contribution in [3.05, 3.63) is 84.4 Å². The van der Waals surface area contributed by atoms with Crippen LogP contribution in [0.1, 0.15) is 10.4 Å². The van der Waals surface area contributed by atoms with Crippen molar-refractivity contribution in [2.45, 2.75) is 0 Å². The average Bonchev–Trinajstić information content (AvgIpc) is 3.39. The summed E-state index contributed by atoms with van der Waals surface area (Å²) in [7, 11) is 1.53. The lowest BCUT2D eigenvalue weighted by Crippen LogP contribution is -2.37.